The highest BCUT2D eigenvalue weighted by Gasteiger charge is 2.28. The summed E-state index contributed by atoms with van der Waals surface area (Å²) in [6.07, 6.45) is 1.87. The van der Waals surface area contributed by atoms with Crippen molar-refractivity contribution in [3.63, 3.8) is 0 Å². The second-order valence-corrected chi connectivity index (χ2v) is 12.0. The number of anilines is 1. The maximum atomic E-state index is 13.3. The molecular weight excluding hydrogens is 552 g/mol. The van der Waals surface area contributed by atoms with Crippen LogP contribution in [0.2, 0.25) is 5.15 Å². The molecule has 39 heavy (non-hydrogen) atoms. The third-order valence-electron chi connectivity index (χ3n) is 5.52. The molecule has 4 N–H and O–H groups in total. The minimum absolute atomic E-state index is 0.00229. The van der Waals surface area contributed by atoms with Gasteiger partial charge in [-0.1, -0.05) is 17.7 Å². The number of halogens is 3. The van der Waals surface area contributed by atoms with Gasteiger partial charge in [0.05, 0.1) is 22.7 Å². The smallest absolute Gasteiger partial charge is 0.331 e. The largest absolute Gasteiger partial charge is 0.455 e. The highest BCUT2D eigenvalue weighted by molar-refractivity contribution is 7.89. The first kappa shape index (κ1) is 30.2. The number of fused-ring (bicyclic) bond motifs is 1. The lowest BCUT2D eigenvalue weighted by molar-refractivity contribution is 0.161. The number of aromatic nitrogens is 1. The van der Waals surface area contributed by atoms with E-state index in [2.05, 4.69) is 20.0 Å². The Hall–Kier alpha value is -3.35. The Morgan fingerprint density at radius 3 is 2.49 bits per heavy atom. The zero-order valence-electron chi connectivity index (χ0n) is 22.3. The van der Waals surface area contributed by atoms with Crippen LogP contribution in [0.4, 0.5) is 14.5 Å². The molecule has 1 aromatic carbocycles. The van der Waals surface area contributed by atoms with Crippen LogP contribution in [-0.4, -0.2) is 31.7 Å². The zero-order chi connectivity index (χ0) is 29.3. The van der Waals surface area contributed by atoms with Gasteiger partial charge in [-0.15, -0.1) is 0 Å². The summed E-state index contributed by atoms with van der Waals surface area (Å²) in [5, 5.41) is 3.08. The van der Waals surface area contributed by atoms with Crippen LogP contribution in [0.15, 0.2) is 49.7 Å². The van der Waals surface area contributed by atoms with Crippen molar-refractivity contribution in [2.75, 3.05) is 5.32 Å². The Balaban J connectivity index is 2.19. The fraction of sp³-hybridized carbons (Fsp3) is 0.346. The van der Waals surface area contributed by atoms with Crippen LogP contribution in [0.3, 0.4) is 0 Å². The van der Waals surface area contributed by atoms with Crippen molar-refractivity contribution in [1.29, 1.82) is 0 Å². The highest BCUT2D eigenvalue weighted by Crippen LogP contribution is 2.32. The lowest BCUT2D eigenvalue weighted by Gasteiger charge is -2.23. The van der Waals surface area contributed by atoms with Gasteiger partial charge in [0.1, 0.15) is 16.5 Å². The molecule has 0 amide bonds. The van der Waals surface area contributed by atoms with Crippen molar-refractivity contribution >= 4 is 50.1 Å². The van der Waals surface area contributed by atoms with E-state index in [0.29, 0.717) is 5.56 Å². The van der Waals surface area contributed by atoms with E-state index in [1.165, 1.54) is 19.1 Å². The molecular formula is C26H30ClF2N5O4S. The molecule has 0 radical (unpaired) electrons. The maximum Gasteiger partial charge on any atom is 0.331 e. The molecule has 2 aromatic heterocycles. The summed E-state index contributed by atoms with van der Waals surface area (Å²) in [5.74, 6) is -0.0116. The van der Waals surface area contributed by atoms with E-state index in [0.717, 1.165) is 18.0 Å². The number of nitrogens with two attached hydrogens (primary N) is 1. The third-order valence-corrected chi connectivity index (χ3v) is 7.43. The molecule has 3 aromatic rings. The normalized spacial score (nSPS) is 13.9. The monoisotopic (exact) mass is 581 g/mol. The average molecular weight is 582 g/mol. The first-order chi connectivity index (χ1) is 18.0. The number of nitrogens with zero attached hydrogens (tertiary/aromatic N) is 2. The van der Waals surface area contributed by atoms with Crippen molar-refractivity contribution in [2.45, 2.75) is 64.7 Å². The van der Waals surface area contributed by atoms with Crippen molar-refractivity contribution in [3.8, 4) is 0 Å². The van der Waals surface area contributed by atoms with Crippen LogP contribution in [0.25, 0.3) is 16.5 Å². The molecule has 1 atom stereocenters. The quantitative estimate of drug-likeness (QED) is 0.186. The van der Waals surface area contributed by atoms with E-state index < -0.39 is 28.2 Å². The standard InChI is InChI=1S/C26H30ClF2N5O4S/c1-13-9-17(15(3)32-19-7-8-20(27)33-24(19)39(36,37)34-26(4,5)6)23-18(10-13)21(35)14(2)22(38-23)16(11-30)12-31-25(28)29/h7-12,15,25,32,34H,30H2,1-6H3/t15-/m1/s1. The number of aliphatic imine (C=N–C) groups is 1. The molecule has 3 rings (SSSR count). The minimum Gasteiger partial charge on any atom is -0.455 e. The summed E-state index contributed by atoms with van der Waals surface area (Å²) in [6, 6.07) is 5.75. The number of hydrogen-bond acceptors (Lipinski definition) is 8. The number of aryl methyl sites for hydroxylation is 1. The molecule has 0 saturated heterocycles. The van der Waals surface area contributed by atoms with Gasteiger partial charge in [-0.3, -0.25) is 4.79 Å². The summed E-state index contributed by atoms with van der Waals surface area (Å²) in [4.78, 5) is 20.4. The van der Waals surface area contributed by atoms with E-state index in [1.807, 2.05) is 0 Å². The van der Waals surface area contributed by atoms with E-state index in [1.54, 1.807) is 46.8 Å². The molecule has 210 valence electrons. The number of benzene rings is 1. The van der Waals surface area contributed by atoms with Crippen LogP contribution < -0.4 is 21.2 Å². The van der Waals surface area contributed by atoms with Gasteiger partial charge in [-0.05, 0) is 65.3 Å². The van der Waals surface area contributed by atoms with Gasteiger partial charge in [-0.2, -0.15) is 8.78 Å². The Morgan fingerprint density at radius 2 is 1.90 bits per heavy atom. The van der Waals surface area contributed by atoms with E-state index >= 15 is 0 Å². The highest BCUT2D eigenvalue weighted by atomic mass is 35.5. The first-order valence-electron chi connectivity index (χ1n) is 11.8. The number of allylic oxidation sites excluding steroid dienone is 1. The van der Waals surface area contributed by atoms with Gasteiger partial charge in [0.25, 0.3) is 10.0 Å². The summed E-state index contributed by atoms with van der Waals surface area (Å²) in [5.41, 5.74) is 6.25. The van der Waals surface area contributed by atoms with Gasteiger partial charge in [0, 0.05) is 29.1 Å². The SMILES string of the molecule is Cc1cc([C@@H](C)Nc2ccc(Cl)nc2S(=O)(=O)NC(C)(C)C)c2oc(C(C=NC(F)F)=CN)c(C)c(=O)c2c1. The molecule has 0 saturated carbocycles. The second kappa shape index (κ2) is 11.4. The molecule has 13 heteroatoms. The number of nitrogens with one attached hydrogen (secondary N) is 2. The Kier molecular flexibility index (Phi) is 8.83. The van der Waals surface area contributed by atoms with E-state index in [9.17, 15) is 22.0 Å². The Labute approximate surface area is 230 Å². The number of pyridine rings is 1. The molecule has 0 fully saturated rings. The van der Waals surface area contributed by atoms with Gasteiger partial charge in [0.2, 0.25) is 0 Å². The Morgan fingerprint density at radius 1 is 1.23 bits per heavy atom. The van der Waals surface area contributed by atoms with Crippen LogP contribution >= 0.6 is 11.6 Å². The second-order valence-electron chi connectivity index (χ2n) is 10.0. The van der Waals surface area contributed by atoms with E-state index in [4.69, 9.17) is 21.8 Å². The maximum absolute atomic E-state index is 13.3. The summed E-state index contributed by atoms with van der Waals surface area (Å²) in [6.45, 7) is 7.16. The van der Waals surface area contributed by atoms with Crippen LogP contribution in [0.1, 0.15) is 56.2 Å². The lowest BCUT2D eigenvalue weighted by Crippen LogP contribution is -2.41. The predicted molar refractivity (Wildman–Crippen MR) is 150 cm³/mol. The molecule has 0 spiro atoms. The fourth-order valence-electron chi connectivity index (χ4n) is 3.97. The minimum atomic E-state index is -4.08. The topological polar surface area (TPSA) is 140 Å². The molecule has 0 aliphatic carbocycles. The summed E-state index contributed by atoms with van der Waals surface area (Å²) in [7, 11) is -4.08. The molecule has 9 nitrogen and oxygen atoms in total. The summed E-state index contributed by atoms with van der Waals surface area (Å²) >= 11 is 6.03. The van der Waals surface area contributed by atoms with Crippen molar-refractivity contribution < 1.29 is 21.6 Å². The first-order valence-corrected chi connectivity index (χ1v) is 13.7. The predicted octanol–water partition coefficient (Wildman–Crippen LogP) is 5.30. The number of hydrogen-bond donors (Lipinski definition) is 3. The number of sulfonamides is 1. The molecule has 0 aliphatic heterocycles. The van der Waals surface area contributed by atoms with Crippen LogP contribution in [0.5, 0.6) is 0 Å². The van der Waals surface area contributed by atoms with Crippen molar-refractivity contribution in [2.24, 2.45) is 10.7 Å². The Bertz CT molecular complexity index is 1630. The fourth-order valence-corrected chi connectivity index (χ4v) is 5.71. The van der Waals surface area contributed by atoms with Gasteiger partial charge in [-0.25, -0.2) is 23.1 Å². The molecule has 0 unspecified atom stereocenters. The lowest BCUT2D eigenvalue weighted by atomic mass is 9.99. The van der Waals surface area contributed by atoms with Gasteiger partial charge in [0.15, 0.2) is 10.5 Å². The van der Waals surface area contributed by atoms with Crippen molar-refractivity contribution in [1.82, 2.24) is 9.71 Å². The molecule has 0 aliphatic rings. The third kappa shape index (κ3) is 7.00. The summed E-state index contributed by atoms with van der Waals surface area (Å²) < 4.78 is 60.3. The zero-order valence-corrected chi connectivity index (χ0v) is 23.8. The molecule has 0 bridgehead atoms. The van der Waals surface area contributed by atoms with Gasteiger partial charge < -0.3 is 15.5 Å². The van der Waals surface area contributed by atoms with Crippen LogP contribution in [-0.2, 0) is 10.0 Å². The number of rotatable bonds is 8. The molecule has 2 heterocycles. The average Bonchev–Trinajstić information content (AvgIpc) is 2.81. The van der Waals surface area contributed by atoms with Crippen molar-refractivity contribution in [3.05, 3.63) is 68.3 Å². The van der Waals surface area contributed by atoms with E-state index in [-0.39, 0.29) is 49.2 Å². The van der Waals surface area contributed by atoms with Crippen LogP contribution in [0, 0.1) is 13.8 Å². The van der Waals surface area contributed by atoms with Gasteiger partial charge >= 0.3 is 6.55 Å². The number of alkyl halides is 2.